The molecular formula is C25H36O4. The molecule has 2 bridgehead atoms. The SMILES string of the molecule is CC=CC(O)C(C)(O)C1CCC2C3=CC(=O)C4CC(=CCC(O)C4)C3CCC21C. The summed E-state index contributed by atoms with van der Waals surface area (Å²) in [6.07, 6.45) is 12.1. The molecule has 29 heavy (non-hydrogen) atoms. The smallest absolute Gasteiger partial charge is 0.159 e. The van der Waals surface area contributed by atoms with Gasteiger partial charge < -0.3 is 15.3 Å². The summed E-state index contributed by atoms with van der Waals surface area (Å²) in [5, 5.41) is 32.1. The maximum absolute atomic E-state index is 13.0. The Hall–Kier alpha value is -1.23. The van der Waals surface area contributed by atoms with E-state index in [1.807, 2.05) is 13.0 Å². The lowest BCUT2D eigenvalue weighted by atomic mass is 9.56. The molecule has 4 aliphatic carbocycles. The molecule has 4 heteroatoms. The van der Waals surface area contributed by atoms with E-state index in [1.54, 1.807) is 19.1 Å². The van der Waals surface area contributed by atoms with Crippen LogP contribution in [0.4, 0.5) is 0 Å². The van der Waals surface area contributed by atoms with Crippen LogP contribution < -0.4 is 0 Å². The minimum Gasteiger partial charge on any atom is -0.393 e. The molecule has 3 N–H and O–H groups in total. The van der Waals surface area contributed by atoms with Crippen LogP contribution in [0.3, 0.4) is 0 Å². The quantitative estimate of drug-likeness (QED) is 0.631. The molecule has 0 saturated heterocycles. The van der Waals surface area contributed by atoms with Crippen LogP contribution in [0.2, 0.25) is 0 Å². The maximum Gasteiger partial charge on any atom is 0.159 e. The highest BCUT2D eigenvalue weighted by Gasteiger charge is 2.58. The highest BCUT2D eigenvalue weighted by atomic mass is 16.3. The summed E-state index contributed by atoms with van der Waals surface area (Å²) in [5.74, 6) is 0.634. The van der Waals surface area contributed by atoms with Gasteiger partial charge in [0.05, 0.1) is 11.7 Å². The highest BCUT2D eigenvalue weighted by molar-refractivity contribution is 5.93. The second-order valence-electron chi connectivity index (χ2n) is 10.3. The number of carbonyl (C=O) groups excluding carboxylic acids is 1. The Kier molecular flexibility index (Phi) is 5.42. The second kappa shape index (κ2) is 7.47. The summed E-state index contributed by atoms with van der Waals surface area (Å²) < 4.78 is 0. The van der Waals surface area contributed by atoms with Crippen molar-refractivity contribution in [3.8, 4) is 0 Å². The molecule has 0 aliphatic heterocycles. The van der Waals surface area contributed by atoms with Crippen LogP contribution in [0.1, 0.15) is 65.7 Å². The lowest BCUT2D eigenvalue weighted by Crippen LogP contribution is -2.52. The van der Waals surface area contributed by atoms with Crippen molar-refractivity contribution in [2.45, 2.75) is 83.5 Å². The van der Waals surface area contributed by atoms with Crippen LogP contribution in [-0.2, 0) is 4.79 Å². The molecule has 2 fully saturated rings. The van der Waals surface area contributed by atoms with Gasteiger partial charge in [0.25, 0.3) is 0 Å². The molecule has 0 amide bonds. The molecule has 0 spiro atoms. The Morgan fingerprint density at radius 1 is 1.31 bits per heavy atom. The Labute approximate surface area is 174 Å². The molecule has 0 radical (unpaired) electrons. The Bertz CT molecular complexity index is 761. The Morgan fingerprint density at radius 2 is 2.07 bits per heavy atom. The third-order valence-electron chi connectivity index (χ3n) is 8.64. The van der Waals surface area contributed by atoms with Crippen molar-refractivity contribution in [3.63, 3.8) is 0 Å². The predicted molar refractivity (Wildman–Crippen MR) is 113 cm³/mol. The van der Waals surface area contributed by atoms with Gasteiger partial charge in [-0.25, -0.2) is 0 Å². The molecule has 8 unspecified atom stereocenters. The van der Waals surface area contributed by atoms with Gasteiger partial charge in [0.1, 0.15) is 6.10 Å². The van der Waals surface area contributed by atoms with E-state index in [-0.39, 0.29) is 29.0 Å². The number of rotatable bonds is 3. The van der Waals surface area contributed by atoms with Crippen molar-refractivity contribution in [1.29, 1.82) is 0 Å². The van der Waals surface area contributed by atoms with Gasteiger partial charge in [-0.2, -0.15) is 0 Å². The van der Waals surface area contributed by atoms with E-state index in [4.69, 9.17) is 0 Å². The number of carbonyl (C=O) groups is 1. The van der Waals surface area contributed by atoms with Crippen molar-refractivity contribution in [2.75, 3.05) is 0 Å². The zero-order chi connectivity index (χ0) is 21.0. The molecule has 160 valence electrons. The van der Waals surface area contributed by atoms with Crippen molar-refractivity contribution in [1.82, 2.24) is 0 Å². The second-order valence-corrected chi connectivity index (χ2v) is 10.3. The number of allylic oxidation sites excluding steroid dienone is 4. The summed E-state index contributed by atoms with van der Waals surface area (Å²) in [7, 11) is 0. The molecule has 0 heterocycles. The molecule has 0 aromatic heterocycles. The topological polar surface area (TPSA) is 77.8 Å². The predicted octanol–water partition coefficient (Wildman–Crippen LogP) is 3.71. The van der Waals surface area contributed by atoms with Crippen LogP contribution in [0.5, 0.6) is 0 Å². The van der Waals surface area contributed by atoms with Crippen LogP contribution in [0.15, 0.2) is 35.5 Å². The van der Waals surface area contributed by atoms with Crippen LogP contribution in [0, 0.1) is 29.1 Å². The van der Waals surface area contributed by atoms with Crippen molar-refractivity contribution < 1.29 is 20.1 Å². The third kappa shape index (κ3) is 3.37. The van der Waals surface area contributed by atoms with Gasteiger partial charge in [0.2, 0.25) is 0 Å². The van der Waals surface area contributed by atoms with Crippen LogP contribution in [-0.4, -0.2) is 38.9 Å². The number of fused-ring (bicyclic) bond motifs is 6. The molecule has 8 atom stereocenters. The first-order chi connectivity index (χ1) is 13.7. The van der Waals surface area contributed by atoms with E-state index in [0.717, 1.165) is 32.1 Å². The lowest BCUT2D eigenvalue weighted by Gasteiger charge is -2.50. The number of ketones is 1. The lowest BCUT2D eigenvalue weighted by molar-refractivity contribution is -0.119. The number of aliphatic hydroxyl groups excluding tert-OH is 2. The fraction of sp³-hybridized carbons (Fsp3) is 0.720. The van der Waals surface area contributed by atoms with Gasteiger partial charge in [0.15, 0.2) is 5.78 Å². The maximum atomic E-state index is 13.0. The summed E-state index contributed by atoms with van der Waals surface area (Å²) in [6.45, 7) is 5.89. The largest absolute Gasteiger partial charge is 0.393 e. The number of hydrogen-bond donors (Lipinski definition) is 3. The van der Waals surface area contributed by atoms with Gasteiger partial charge >= 0.3 is 0 Å². The monoisotopic (exact) mass is 400 g/mol. The van der Waals surface area contributed by atoms with Gasteiger partial charge in [-0.15, -0.1) is 0 Å². The average molecular weight is 401 g/mol. The fourth-order valence-electron chi connectivity index (χ4n) is 7.09. The Morgan fingerprint density at radius 3 is 2.79 bits per heavy atom. The molecule has 4 nitrogen and oxygen atoms in total. The van der Waals surface area contributed by atoms with E-state index < -0.39 is 17.8 Å². The Balaban J connectivity index is 1.69. The van der Waals surface area contributed by atoms with Crippen LogP contribution in [0.25, 0.3) is 0 Å². The van der Waals surface area contributed by atoms with E-state index in [0.29, 0.717) is 18.8 Å². The minimum atomic E-state index is -1.19. The standard InChI is InChI=1S/C25H36O4/c1-4-5-23(28)25(3,29)22-9-8-20-19-14-21(27)16-12-15(6-7-17(26)13-16)18(19)10-11-24(20,22)2/h4-6,14,16-18,20,22-23,26,28-29H,7-13H2,1-3H3. The van der Waals surface area contributed by atoms with Gasteiger partial charge in [-0.05, 0) is 82.1 Å². The first-order valence-electron chi connectivity index (χ1n) is 11.3. The molecule has 2 saturated carbocycles. The summed E-state index contributed by atoms with van der Waals surface area (Å²) in [4.78, 5) is 13.0. The summed E-state index contributed by atoms with van der Waals surface area (Å²) in [6, 6.07) is 0. The first kappa shape index (κ1) is 21.0. The van der Waals surface area contributed by atoms with Crippen molar-refractivity contribution in [2.24, 2.45) is 29.1 Å². The number of hydrogen-bond acceptors (Lipinski definition) is 4. The van der Waals surface area contributed by atoms with Crippen molar-refractivity contribution in [3.05, 3.63) is 35.5 Å². The zero-order valence-electron chi connectivity index (χ0n) is 18.0. The van der Waals surface area contributed by atoms with Gasteiger partial charge in [-0.3, -0.25) is 4.79 Å². The van der Waals surface area contributed by atoms with E-state index in [9.17, 15) is 20.1 Å². The van der Waals surface area contributed by atoms with E-state index >= 15 is 0 Å². The third-order valence-corrected chi connectivity index (χ3v) is 8.64. The van der Waals surface area contributed by atoms with E-state index in [2.05, 4.69) is 13.0 Å². The summed E-state index contributed by atoms with van der Waals surface area (Å²) in [5.41, 5.74) is 1.29. The number of aliphatic hydroxyl groups is 3. The highest BCUT2D eigenvalue weighted by Crippen LogP contribution is 2.63. The molecule has 0 aromatic rings. The van der Waals surface area contributed by atoms with Crippen LogP contribution >= 0.6 is 0 Å². The van der Waals surface area contributed by atoms with Crippen molar-refractivity contribution >= 4 is 5.78 Å². The molecule has 4 aliphatic rings. The molecule has 4 rings (SSSR count). The molecule has 0 aromatic carbocycles. The minimum absolute atomic E-state index is 0.00985. The van der Waals surface area contributed by atoms with Gasteiger partial charge in [-0.1, -0.05) is 36.3 Å². The summed E-state index contributed by atoms with van der Waals surface area (Å²) >= 11 is 0. The van der Waals surface area contributed by atoms with Gasteiger partial charge in [0, 0.05) is 11.8 Å². The first-order valence-corrected chi connectivity index (χ1v) is 11.3. The normalized spacial score (nSPS) is 42.8. The van der Waals surface area contributed by atoms with E-state index in [1.165, 1.54) is 11.1 Å². The molecular weight excluding hydrogens is 364 g/mol. The zero-order valence-corrected chi connectivity index (χ0v) is 18.0. The average Bonchev–Trinajstić information content (AvgIpc) is 2.82. The fourth-order valence-corrected chi connectivity index (χ4v) is 7.09.